The van der Waals surface area contributed by atoms with Crippen LogP contribution in [0, 0.1) is 5.41 Å². The quantitative estimate of drug-likeness (QED) is 0.914. The third-order valence-electron chi connectivity index (χ3n) is 6.43. The minimum absolute atomic E-state index is 0.231. The summed E-state index contributed by atoms with van der Waals surface area (Å²) >= 11 is 0. The lowest BCUT2D eigenvalue weighted by molar-refractivity contribution is -0.144. The van der Waals surface area contributed by atoms with Gasteiger partial charge < -0.3 is 10.0 Å². The van der Waals surface area contributed by atoms with E-state index in [-0.39, 0.29) is 11.3 Å². The maximum Gasteiger partial charge on any atom is 0.320 e. The highest BCUT2D eigenvalue weighted by atomic mass is 16.4. The van der Waals surface area contributed by atoms with E-state index in [4.69, 9.17) is 0 Å². The summed E-state index contributed by atoms with van der Waals surface area (Å²) in [6.45, 7) is 3.88. The van der Waals surface area contributed by atoms with Gasteiger partial charge in [0.25, 0.3) is 0 Å². The SMILES string of the molecule is CC(C(=O)O)N1CCC2(CCN(c3ccc(C4CC4)cc3)C2=O)CC1. The van der Waals surface area contributed by atoms with Gasteiger partial charge in [-0.2, -0.15) is 0 Å². The van der Waals surface area contributed by atoms with E-state index in [1.807, 2.05) is 9.80 Å². The van der Waals surface area contributed by atoms with Gasteiger partial charge in [0.1, 0.15) is 6.04 Å². The Kier molecular flexibility index (Phi) is 4.07. The Morgan fingerprint density at radius 2 is 1.72 bits per heavy atom. The van der Waals surface area contributed by atoms with Gasteiger partial charge in [-0.1, -0.05) is 12.1 Å². The number of rotatable bonds is 4. The van der Waals surface area contributed by atoms with E-state index in [2.05, 4.69) is 24.3 Å². The summed E-state index contributed by atoms with van der Waals surface area (Å²) in [5, 5.41) is 9.18. The van der Waals surface area contributed by atoms with Crippen LogP contribution in [0.1, 0.15) is 50.5 Å². The lowest BCUT2D eigenvalue weighted by Crippen LogP contribution is -2.49. The van der Waals surface area contributed by atoms with Crippen molar-refractivity contribution in [3.63, 3.8) is 0 Å². The Morgan fingerprint density at radius 3 is 2.28 bits per heavy atom. The first kappa shape index (κ1) is 16.6. The number of hydrogen-bond donors (Lipinski definition) is 1. The molecule has 0 radical (unpaired) electrons. The molecule has 4 rings (SSSR count). The van der Waals surface area contributed by atoms with E-state index in [1.54, 1.807) is 6.92 Å². The predicted molar refractivity (Wildman–Crippen MR) is 95.7 cm³/mol. The van der Waals surface area contributed by atoms with Gasteiger partial charge in [-0.05, 0) is 62.6 Å². The van der Waals surface area contributed by atoms with Crippen LogP contribution in [-0.4, -0.2) is 47.6 Å². The van der Waals surface area contributed by atoms with Crippen LogP contribution in [0.15, 0.2) is 24.3 Å². The fourth-order valence-corrected chi connectivity index (χ4v) is 4.37. The largest absolute Gasteiger partial charge is 0.480 e. The molecule has 0 bridgehead atoms. The van der Waals surface area contributed by atoms with Crippen molar-refractivity contribution in [1.82, 2.24) is 4.90 Å². The van der Waals surface area contributed by atoms with Crippen molar-refractivity contribution in [2.24, 2.45) is 5.41 Å². The third-order valence-corrected chi connectivity index (χ3v) is 6.43. The van der Waals surface area contributed by atoms with Crippen molar-refractivity contribution in [3.8, 4) is 0 Å². The first-order valence-corrected chi connectivity index (χ1v) is 9.39. The summed E-state index contributed by atoms with van der Waals surface area (Å²) in [7, 11) is 0. The number of carboxylic acids is 1. The van der Waals surface area contributed by atoms with Crippen LogP contribution in [0.5, 0.6) is 0 Å². The standard InChI is InChI=1S/C20H26N2O3/c1-14(18(23)24)21-11-8-20(9-12-21)10-13-22(19(20)25)17-6-4-16(5-7-17)15-2-3-15/h4-7,14-15H,2-3,8-13H2,1H3,(H,23,24). The van der Waals surface area contributed by atoms with E-state index in [1.165, 1.54) is 18.4 Å². The fourth-order valence-electron chi connectivity index (χ4n) is 4.37. The van der Waals surface area contributed by atoms with Crippen LogP contribution in [0.25, 0.3) is 0 Å². The topological polar surface area (TPSA) is 60.9 Å². The van der Waals surface area contributed by atoms with Gasteiger partial charge in [-0.15, -0.1) is 0 Å². The third kappa shape index (κ3) is 2.95. The highest BCUT2D eigenvalue weighted by Crippen LogP contribution is 2.44. The summed E-state index contributed by atoms with van der Waals surface area (Å²) in [5.41, 5.74) is 2.11. The normalized spacial score (nSPS) is 24.7. The van der Waals surface area contributed by atoms with E-state index in [0.717, 1.165) is 37.4 Å². The Hall–Kier alpha value is -1.88. The average molecular weight is 342 g/mol. The summed E-state index contributed by atoms with van der Waals surface area (Å²) in [6, 6.07) is 8.04. The van der Waals surface area contributed by atoms with Crippen molar-refractivity contribution < 1.29 is 14.7 Å². The monoisotopic (exact) mass is 342 g/mol. The summed E-state index contributed by atoms with van der Waals surface area (Å²) < 4.78 is 0. The predicted octanol–water partition coefficient (Wildman–Crippen LogP) is 2.86. The summed E-state index contributed by atoms with van der Waals surface area (Å²) in [4.78, 5) is 28.2. The summed E-state index contributed by atoms with van der Waals surface area (Å²) in [6.07, 6.45) is 4.98. The number of carbonyl (C=O) groups is 2. The van der Waals surface area contributed by atoms with Gasteiger partial charge in [-0.25, -0.2) is 0 Å². The highest BCUT2D eigenvalue weighted by Gasteiger charge is 2.49. The van der Waals surface area contributed by atoms with Gasteiger partial charge in [0.15, 0.2) is 0 Å². The molecule has 1 aromatic rings. The zero-order valence-corrected chi connectivity index (χ0v) is 14.8. The second-order valence-electron chi connectivity index (χ2n) is 7.90. The van der Waals surface area contributed by atoms with Crippen molar-refractivity contribution >= 4 is 17.6 Å². The van der Waals surface area contributed by atoms with Crippen molar-refractivity contribution in [2.75, 3.05) is 24.5 Å². The van der Waals surface area contributed by atoms with Crippen LogP contribution >= 0.6 is 0 Å². The number of carbonyl (C=O) groups excluding carboxylic acids is 1. The lowest BCUT2D eigenvalue weighted by Gasteiger charge is -2.39. The second kappa shape index (κ2) is 6.13. The molecule has 5 heteroatoms. The van der Waals surface area contributed by atoms with Gasteiger partial charge >= 0.3 is 5.97 Å². The molecule has 0 aromatic heterocycles. The molecule has 3 fully saturated rings. The lowest BCUT2D eigenvalue weighted by atomic mass is 9.77. The zero-order chi connectivity index (χ0) is 17.6. The molecule has 2 heterocycles. The molecule has 1 spiro atoms. The molecular weight excluding hydrogens is 316 g/mol. The number of anilines is 1. The minimum Gasteiger partial charge on any atom is -0.480 e. The number of amides is 1. The molecule has 25 heavy (non-hydrogen) atoms. The maximum atomic E-state index is 13.1. The molecule has 1 aliphatic carbocycles. The first-order valence-electron chi connectivity index (χ1n) is 9.39. The number of likely N-dealkylation sites (tertiary alicyclic amines) is 1. The van der Waals surface area contributed by atoms with Crippen molar-refractivity contribution in [3.05, 3.63) is 29.8 Å². The number of aliphatic carboxylic acids is 1. The molecule has 1 aromatic carbocycles. The number of piperidine rings is 1. The number of nitrogens with zero attached hydrogens (tertiary/aromatic N) is 2. The molecule has 1 amide bonds. The molecule has 2 aliphatic heterocycles. The average Bonchev–Trinajstić information content (AvgIpc) is 3.43. The van der Waals surface area contributed by atoms with Crippen molar-refractivity contribution in [1.29, 1.82) is 0 Å². The Labute approximate surface area is 148 Å². The summed E-state index contributed by atoms with van der Waals surface area (Å²) in [5.74, 6) is 0.176. The second-order valence-corrected chi connectivity index (χ2v) is 7.90. The molecule has 2 saturated heterocycles. The molecule has 5 nitrogen and oxygen atoms in total. The smallest absolute Gasteiger partial charge is 0.320 e. The number of carboxylic acid groups (broad SMARTS) is 1. The van der Waals surface area contributed by atoms with Crippen LogP contribution in [0.3, 0.4) is 0 Å². The fraction of sp³-hybridized carbons (Fsp3) is 0.600. The van der Waals surface area contributed by atoms with E-state index >= 15 is 0 Å². The molecule has 1 N–H and O–H groups in total. The molecule has 1 atom stereocenters. The van der Waals surface area contributed by atoms with E-state index in [9.17, 15) is 14.7 Å². The van der Waals surface area contributed by atoms with Crippen LogP contribution < -0.4 is 4.90 Å². The van der Waals surface area contributed by atoms with Crippen LogP contribution in [0.2, 0.25) is 0 Å². The number of benzene rings is 1. The van der Waals surface area contributed by atoms with Crippen molar-refractivity contribution in [2.45, 2.75) is 51.0 Å². The molecule has 1 unspecified atom stereocenters. The van der Waals surface area contributed by atoms with E-state index in [0.29, 0.717) is 13.1 Å². The van der Waals surface area contributed by atoms with Gasteiger partial charge in [0.2, 0.25) is 5.91 Å². The zero-order valence-electron chi connectivity index (χ0n) is 14.8. The Balaban J connectivity index is 1.44. The first-order chi connectivity index (χ1) is 12.0. The van der Waals surface area contributed by atoms with Crippen LogP contribution in [-0.2, 0) is 9.59 Å². The molecule has 3 aliphatic rings. The van der Waals surface area contributed by atoms with Gasteiger partial charge in [0, 0.05) is 25.3 Å². The van der Waals surface area contributed by atoms with E-state index < -0.39 is 12.0 Å². The Bertz CT molecular complexity index is 673. The molecule has 134 valence electrons. The molecule has 1 saturated carbocycles. The van der Waals surface area contributed by atoms with Crippen LogP contribution in [0.4, 0.5) is 5.69 Å². The Morgan fingerprint density at radius 1 is 1.12 bits per heavy atom. The van der Waals surface area contributed by atoms with Gasteiger partial charge in [-0.3, -0.25) is 14.5 Å². The minimum atomic E-state index is -0.786. The maximum absolute atomic E-state index is 13.1. The highest BCUT2D eigenvalue weighted by molar-refractivity contribution is 6.00. The number of hydrogen-bond acceptors (Lipinski definition) is 3. The molecular formula is C20H26N2O3. The van der Waals surface area contributed by atoms with Gasteiger partial charge in [0.05, 0.1) is 5.41 Å².